The van der Waals surface area contributed by atoms with Crippen molar-refractivity contribution in [3.8, 4) is 10.4 Å². The molecular formula is C23H19N3O3S2. The van der Waals surface area contributed by atoms with E-state index in [1.165, 1.54) is 18.1 Å². The van der Waals surface area contributed by atoms with E-state index < -0.39 is 5.97 Å². The van der Waals surface area contributed by atoms with Crippen LogP contribution < -0.4 is 5.32 Å². The standard InChI is InChI=1S/C23H19N3O3S2/c1-2-29-23(28)16-9-6-10-17(11-16)26-20(27)13-30-21-18-12-19(15-7-4-3-5-8-15)31-22(18)25-14-24-21/h3-12,14H,2,13H2,1H3,(H,26,27). The summed E-state index contributed by atoms with van der Waals surface area (Å²) < 4.78 is 5.00. The highest BCUT2D eigenvalue weighted by Crippen LogP contribution is 2.36. The number of benzene rings is 2. The normalized spacial score (nSPS) is 10.7. The first kappa shape index (κ1) is 21.0. The molecule has 0 aliphatic rings. The van der Waals surface area contributed by atoms with Gasteiger partial charge in [0.25, 0.3) is 0 Å². The number of nitrogens with zero attached hydrogens (tertiary/aromatic N) is 2. The van der Waals surface area contributed by atoms with Crippen molar-refractivity contribution in [1.29, 1.82) is 0 Å². The number of ether oxygens (including phenoxy) is 1. The number of anilines is 1. The Bertz CT molecular complexity index is 1230. The fraction of sp³-hybridized carbons (Fsp3) is 0.130. The summed E-state index contributed by atoms with van der Waals surface area (Å²) in [5.41, 5.74) is 2.07. The summed E-state index contributed by atoms with van der Waals surface area (Å²) in [6.07, 6.45) is 1.52. The van der Waals surface area contributed by atoms with Crippen molar-refractivity contribution in [2.24, 2.45) is 0 Å². The van der Waals surface area contributed by atoms with Crippen molar-refractivity contribution in [3.05, 3.63) is 72.6 Å². The molecule has 0 unspecified atom stereocenters. The van der Waals surface area contributed by atoms with Gasteiger partial charge < -0.3 is 10.1 Å². The maximum atomic E-state index is 12.5. The minimum Gasteiger partial charge on any atom is -0.462 e. The molecule has 2 heterocycles. The smallest absolute Gasteiger partial charge is 0.338 e. The van der Waals surface area contributed by atoms with Crippen molar-refractivity contribution in [1.82, 2.24) is 9.97 Å². The van der Waals surface area contributed by atoms with Gasteiger partial charge in [-0.3, -0.25) is 4.79 Å². The van der Waals surface area contributed by atoms with Gasteiger partial charge in [0.05, 0.1) is 17.9 Å². The molecule has 31 heavy (non-hydrogen) atoms. The van der Waals surface area contributed by atoms with Gasteiger partial charge in [0.2, 0.25) is 5.91 Å². The molecule has 0 spiro atoms. The molecule has 0 bridgehead atoms. The monoisotopic (exact) mass is 449 g/mol. The van der Waals surface area contributed by atoms with Crippen LogP contribution in [0.1, 0.15) is 17.3 Å². The molecule has 4 rings (SSSR count). The number of fused-ring (bicyclic) bond motifs is 1. The van der Waals surface area contributed by atoms with Gasteiger partial charge in [-0.15, -0.1) is 11.3 Å². The van der Waals surface area contributed by atoms with Crippen LogP contribution in [-0.2, 0) is 9.53 Å². The van der Waals surface area contributed by atoms with E-state index in [0.717, 1.165) is 25.7 Å². The summed E-state index contributed by atoms with van der Waals surface area (Å²) in [5, 5.41) is 4.52. The molecule has 1 amide bonds. The Hall–Kier alpha value is -3.23. The lowest BCUT2D eigenvalue weighted by Crippen LogP contribution is -2.15. The predicted octanol–water partition coefficient (Wildman–Crippen LogP) is 5.27. The second-order valence-corrected chi connectivity index (χ2v) is 8.51. The number of aromatic nitrogens is 2. The van der Waals surface area contributed by atoms with Crippen LogP contribution in [0.25, 0.3) is 20.7 Å². The third-order valence-electron chi connectivity index (χ3n) is 4.35. The number of carbonyl (C=O) groups is 2. The third-order valence-corrected chi connectivity index (χ3v) is 6.45. The zero-order valence-corrected chi connectivity index (χ0v) is 18.3. The lowest BCUT2D eigenvalue weighted by molar-refractivity contribution is -0.113. The van der Waals surface area contributed by atoms with Crippen LogP contribution in [0.3, 0.4) is 0 Å². The van der Waals surface area contributed by atoms with Gasteiger partial charge in [0.1, 0.15) is 16.2 Å². The number of thiophene rings is 1. The minimum absolute atomic E-state index is 0.184. The molecule has 156 valence electrons. The lowest BCUT2D eigenvalue weighted by atomic mass is 10.2. The molecule has 2 aromatic carbocycles. The molecule has 2 aromatic heterocycles. The van der Waals surface area contributed by atoms with Gasteiger partial charge in [-0.2, -0.15) is 0 Å². The minimum atomic E-state index is -0.414. The van der Waals surface area contributed by atoms with Gasteiger partial charge in [0.15, 0.2) is 0 Å². The Labute approximate surface area is 187 Å². The number of nitrogens with one attached hydrogen (secondary N) is 1. The molecule has 1 N–H and O–H groups in total. The van der Waals surface area contributed by atoms with Crippen LogP contribution in [0.4, 0.5) is 5.69 Å². The average molecular weight is 450 g/mol. The number of carbonyl (C=O) groups excluding carboxylic acids is 2. The van der Waals surface area contributed by atoms with E-state index in [4.69, 9.17) is 4.74 Å². The van der Waals surface area contributed by atoms with E-state index in [1.54, 1.807) is 42.5 Å². The third kappa shape index (κ3) is 5.10. The summed E-state index contributed by atoms with van der Waals surface area (Å²) in [7, 11) is 0. The summed E-state index contributed by atoms with van der Waals surface area (Å²) in [4.78, 5) is 35.1. The van der Waals surface area contributed by atoms with Crippen molar-refractivity contribution < 1.29 is 14.3 Å². The molecule has 4 aromatic rings. The van der Waals surface area contributed by atoms with Crippen molar-refractivity contribution in [2.75, 3.05) is 17.7 Å². The molecule has 0 fully saturated rings. The van der Waals surface area contributed by atoms with Crippen LogP contribution in [0.15, 0.2) is 72.0 Å². The Kier molecular flexibility index (Phi) is 6.59. The number of hydrogen-bond acceptors (Lipinski definition) is 7. The molecule has 6 nitrogen and oxygen atoms in total. The van der Waals surface area contributed by atoms with Crippen LogP contribution in [-0.4, -0.2) is 34.2 Å². The number of rotatable bonds is 7. The lowest BCUT2D eigenvalue weighted by Gasteiger charge is -2.07. The highest BCUT2D eigenvalue weighted by molar-refractivity contribution is 8.00. The van der Waals surface area contributed by atoms with Gasteiger partial charge in [-0.05, 0) is 36.8 Å². The Balaban J connectivity index is 1.44. The first-order valence-electron chi connectivity index (χ1n) is 9.64. The van der Waals surface area contributed by atoms with Crippen LogP contribution in [0.2, 0.25) is 0 Å². The van der Waals surface area contributed by atoms with Gasteiger partial charge in [-0.25, -0.2) is 14.8 Å². The largest absolute Gasteiger partial charge is 0.462 e. The van der Waals surface area contributed by atoms with E-state index in [2.05, 4.69) is 33.5 Å². The molecule has 0 atom stereocenters. The quantitative estimate of drug-likeness (QED) is 0.235. The summed E-state index contributed by atoms with van der Waals surface area (Å²) >= 11 is 2.96. The number of thioether (sulfide) groups is 1. The number of esters is 1. The second-order valence-electron chi connectivity index (χ2n) is 6.51. The van der Waals surface area contributed by atoms with Crippen molar-refractivity contribution in [3.63, 3.8) is 0 Å². The highest BCUT2D eigenvalue weighted by Gasteiger charge is 2.13. The Morgan fingerprint density at radius 2 is 1.90 bits per heavy atom. The second kappa shape index (κ2) is 9.72. The maximum Gasteiger partial charge on any atom is 0.338 e. The number of hydrogen-bond donors (Lipinski definition) is 1. The summed E-state index contributed by atoms with van der Waals surface area (Å²) in [6, 6.07) is 18.9. The molecule has 0 aliphatic carbocycles. The van der Waals surface area contributed by atoms with E-state index >= 15 is 0 Å². The fourth-order valence-corrected chi connectivity index (χ4v) is 4.80. The molecule has 0 saturated heterocycles. The fourth-order valence-electron chi connectivity index (χ4n) is 2.96. The zero-order valence-electron chi connectivity index (χ0n) is 16.7. The predicted molar refractivity (Wildman–Crippen MR) is 125 cm³/mol. The van der Waals surface area contributed by atoms with Gasteiger partial charge in [-0.1, -0.05) is 48.2 Å². The topological polar surface area (TPSA) is 81.2 Å². The van der Waals surface area contributed by atoms with Crippen LogP contribution in [0.5, 0.6) is 0 Å². The van der Waals surface area contributed by atoms with E-state index in [9.17, 15) is 9.59 Å². The van der Waals surface area contributed by atoms with Crippen molar-refractivity contribution >= 4 is 50.9 Å². The molecule has 0 saturated carbocycles. The summed E-state index contributed by atoms with van der Waals surface area (Å²) in [5.74, 6) is -0.411. The first-order chi connectivity index (χ1) is 15.1. The molecule has 0 radical (unpaired) electrons. The molecule has 8 heteroatoms. The molecule has 0 aliphatic heterocycles. The average Bonchev–Trinajstić information content (AvgIpc) is 3.24. The van der Waals surface area contributed by atoms with Crippen LogP contribution >= 0.6 is 23.1 Å². The SMILES string of the molecule is CCOC(=O)c1cccc(NC(=O)CSc2ncnc3sc(-c4ccccc4)cc23)c1. The maximum absolute atomic E-state index is 12.5. The van der Waals surface area contributed by atoms with Crippen LogP contribution in [0, 0.1) is 0 Å². The number of amides is 1. The zero-order chi connectivity index (χ0) is 21.6. The Morgan fingerprint density at radius 3 is 2.71 bits per heavy atom. The van der Waals surface area contributed by atoms with Crippen molar-refractivity contribution in [2.45, 2.75) is 11.9 Å². The highest BCUT2D eigenvalue weighted by atomic mass is 32.2. The summed E-state index contributed by atoms with van der Waals surface area (Å²) in [6.45, 7) is 2.05. The van der Waals surface area contributed by atoms with Gasteiger partial charge >= 0.3 is 5.97 Å². The van der Waals surface area contributed by atoms with E-state index in [-0.39, 0.29) is 11.7 Å². The first-order valence-corrected chi connectivity index (χ1v) is 11.4. The molecular weight excluding hydrogens is 430 g/mol. The van der Waals surface area contributed by atoms with E-state index in [0.29, 0.717) is 17.9 Å². The van der Waals surface area contributed by atoms with Gasteiger partial charge in [0, 0.05) is 16.0 Å². The Morgan fingerprint density at radius 1 is 1.06 bits per heavy atom. The van der Waals surface area contributed by atoms with E-state index in [1.807, 2.05) is 18.2 Å².